The van der Waals surface area contributed by atoms with Gasteiger partial charge < -0.3 is 15.2 Å². The smallest absolute Gasteiger partial charge is 0.290 e. The Morgan fingerprint density at radius 2 is 2.29 bits per heavy atom. The SMILES string of the molecule is CCNC(=O)C1CNCCN1CC(=O)n1oc(C)cc1=O. The van der Waals surface area contributed by atoms with E-state index in [1.54, 1.807) is 11.8 Å². The number of aromatic nitrogens is 1. The van der Waals surface area contributed by atoms with E-state index in [-0.39, 0.29) is 12.5 Å². The maximum absolute atomic E-state index is 12.1. The Kier molecular flexibility index (Phi) is 4.92. The molecule has 1 aromatic heterocycles. The quantitative estimate of drug-likeness (QED) is 0.724. The van der Waals surface area contributed by atoms with E-state index in [2.05, 4.69) is 10.6 Å². The predicted octanol–water partition coefficient (Wildman–Crippen LogP) is -1.20. The molecule has 1 aromatic rings. The van der Waals surface area contributed by atoms with Crippen LogP contribution in [0.4, 0.5) is 0 Å². The van der Waals surface area contributed by atoms with Gasteiger partial charge in [-0.1, -0.05) is 0 Å². The average Bonchev–Trinajstić information content (AvgIpc) is 2.78. The maximum Gasteiger partial charge on any atom is 0.290 e. The van der Waals surface area contributed by atoms with E-state index in [9.17, 15) is 14.4 Å². The van der Waals surface area contributed by atoms with Gasteiger partial charge in [0.1, 0.15) is 11.8 Å². The average molecular weight is 296 g/mol. The van der Waals surface area contributed by atoms with E-state index in [0.29, 0.717) is 31.9 Å². The van der Waals surface area contributed by atoms with E-state index >= 15 is 0 Å². The standard InChI is InChI=1S/C13H20N4O4/c1-3-15-13(20)10-7-14-4-5-16(10)8-12(19)17-11(18)6-9(2)21-17/h6,10,14H,3-5,7-8H2,1-2H3,(H,15,20). The lowest BCUT2D eigenvalue weighted by atomic mass is 10.1. The van der Waals surface area contributed by atoms with Gasteiger partial charge in [-0.3, -0.25) is 19.3 Å². The van der Waals surface area contributed by atoms with Gasteiger partial charge in [0.2, 0.25) is 5.91 Å². The molecule has 1 unspecified atom stereocenters. The summed E-state index contributed by atoms with van der Waals surface area (Å²) in [6.07, 6.45) is 0. The lowest BCUT2D eigenvalue weighted by Gasteiger charge is -2.34. The predicted molar refractivity (Wildman–Crippen MR) is 75.2 cm³/mol. The molecule has 1 fully saturated rings. The number of nitrogens with zero attached hydrogens (tertiary/aromatic N) is 2. The molecular weight excluding hydrogens is 276 g/mol. The van der Waals surface area contributed by atoms with Crippen LogP contribution in [0.1, 0.15) is 17.5 Å². The van der Waals surface area contributed by atoms with Gasteiger partial charge in [-0.15, -0.1) is 4.74 Å². The van der Waals surface area contributed by atoms with E-state index in [4.69, 9.17) is 4.52 Å². The third kappa shape index (κ3) is 3.59. The summed E-state index contributed by atoms with van der Waals surface area (Å²) >= 11 is 0. The zero-order valence-electron chi connectivity index (χ0n) is 12.2. The molecule has 1 aliphatic rings. The van der Waals surface area contributed by atoms with Gasteiger partial charge in [0.25, 0.3) is 11.5 Å². The van der Waals surface area contributed by atoms with Crippen LogP contribution in [0.25, 0.3) is 0 Å². The fraction of sp³-hybridized carbons (Fsp3) is 0.615. The molecule has 116 valence electrons. The Hall–Kier alpha value is -1.93. The van der Waals surface area contributed by atoms with Gasteiger partial charge in [0.15, 0.2) is 0 Å². The second kappa shape index (κ2) is 6.68. The number of rotatable bonds is 4. The first-order valence-corrected chi connectivity index (χ1v) is 6.98. The number of aryl methyl sites for hydroxylation is 1. The summed E-state index contributed by atoms with van der Waals surface area (Å²) in [5.41, 5.74) is -0.484. The van der Waals surface area contributed by atoms with Crippen LogP contribution in [-0.4, -0.2) is 60.2 Å². The van der Waals surface area contributed by atoms with Gasteiger partial charge in [-0.25, -0.2) is 0 Å². The molecule has 1 aliphatic heterocycles. The number of likely N-dealkylation sites (N-methyl/N-ethyl adjacent to an activating group) is 1. The zero-order valence-corrected chi connectivity index (χ0v) is 12.2. The third-order valence-electron chi connectivity index (χ3n) is 3.33. The fourth-order valence-electron chi connectivity index (χ4n) is 2.35. The van der Waals surface area contributed by atoms with Gasteiger partial charge in [-0.2, -0.15) is 0 Å². The number of piperazine rings is 1. The maximum atomic E-state index is 12.1. The molecule has 1 amide bonds. The highest BCUT2D eigenvalue weighted by Gasteiger charge is 2.30. The molecule has 0 aliphatic carbocycles. The van der Waals surface area contributed by atoms with Crippen molar-refractivity contribution in [1.82, 2.24) is 20.3 Å². The molecule has 0 spiro atoms. The van der Waals surface area contributed by atoms with Crippen molar-refractivity contribution in [3.63, 3.8) is 0 Å². The van der Waals surface area contributed by atoms with Crippen LogP contribution in [0.15, 0.2) is 15.4 Å². The van der Waals surface area contributed by atoms with Crippen molar-refractivity contribution < 1.29 is 14.1 Å². The highest BCUT2D eigenvalue weighted by atomic mass is 16.5. The van der Waals surface area contributed by atoms with Crippen molar-refractivity contribution >= 4 is 11.8 Å². The Balaban J connectivity index is 2.08. The molecule has 1 saturated heterocycles. The minimum Gasteiger partial charge on any atom is -0.373 e. The van der Waals surface area contributed by atoms with E-state index in [1.807, 2.05) is 6.92 Å². The summed E-state index contributed by atoms with van der Waals surface area (Å²) in [7, 11) is 0. The molecule has 2 rings (SSSR count). The van der Waals surface area contributed by atoms with Crippen LogP contribution in [0.2, 0.25) is 0 Å². The van der Waals surface area contributed by atoms with Crippen LogP contribution in [0, 0.1) is 6.92 Å². The summed E-state index contributed by atoms with van der Waals surface area (Å²) in [5.74, 6) is -0.210. The molecule has 0 saturated carbocycles. The van der Waals surface area contributed by atoms with Crippen LogP contribution >= 0.6 is 0 Å². The number of amides is 1. The molecule has 0 radical (unpaired) electrons. The Morgan fingerprint density at radius 3 is 2.90 bits per heavy atom. The van der Waals surface area contributed by atoms with E-state index in [1.165, 1.54) is 6.07 Å². The third-order valence-corrected chi connectivity index (χ3v) is 3.33. The van der Waals surface area contributed by atoms with Gasteiger partial charge >= 0.3 is 0 Å². The van der Waals surface area contributed by atoms with Crippen LogP contribution < -0.4 is 16.2 Å². The van der Waals surface area contributed by atoms with Crippen molar-refractivity contribution in [2.24, 2.45) is 0 Å². The second-order valence-electron chi connectivity index (χ2n) is 4.96. The lowest BCUT2D eigenvalue weighted by molar-refractivity contribution is -0.126. The van der Waals surface area contributed by atoms with Crippen molar-refractivity contribution in [2.45, 2.75) is 19.9 Å². The summed E-state index contributed by atoms with van der Waals surface area (Å²) in [5, 5.41) is 5.88. The molecule has 2 N–H and O–H groups in total. The van der Waals surface area contributed by atoms with Crippen LogP contribution in [0.5, 0.6) is 0 Å². The van der Waals surface area contributed by atoms with E-state index in [0.717, 1.165) is 4.74 Å². The largest absolute Gasteiger partial charge is 0.373 e. The molecule has 8 heteroatoms. The second-order valence-corrected chi connectivity index (χ2v) is 4.96. The minimum atomic E-state index is -0.484. The summed E-state index contributed by atoms with van der Waals surface area (Å²) < 4.78 is 5.81. The molecule has 2 heterocycles. The summed E-state index contributed by atoms with van der Waals surface area (Å²) in [4.78, 5) is 37.5. The minimum absolute atomic E-state index is 0.0314. The van der Waals surface area contributed by atoms with E-state index < -0.39 is 17.5 Å². The molecular formula is C13H20N4O4. The molecule has 0 aromatic carbocycles. The lowest BCUT2D eigenvalue weighted by Crippen LogP contribution is -2.59. The number of hydrogen-bond donors (Lipinski definition) is 2. The number of hydrogen-bond acceptors (Lipinski definition) is 6. The van der Waals surface area contributed by atoms with Gasteiger partial charge in [-0.05, 0) is 13.8 Å². The van der Waals surface area contributed by atoms with Crippen molar-refractivity contribution in [2.75, 3.05) is 32.7 Å². The Labute approximate surface area is 122 Å². The van der Waals surface area contributed by atoms with Gasteiger partial charge in [0.05, 0.1) is 6.54 Å². The van der Waals surface area contributed by atoms with Crippen molar-refractivity contribution in [3.8, 4) is 0 Å². The molecule has 1 atom stereocenters. The number of nitrogens with one attached hydrogen (secondary N) is 2. The fourth-order valence-corrected chi connectivity index (χ4v) is 2.35. The highest BCUT2D eigenvalue weighted by molar-refractivity contribution is 5.84. The molecule has 0 bridgehead atoms. The first-order chi connectivity index (χ1) is 10.0. The van der Waals surface area contributed by atoms with Crippen molar-refractivity contribution in [1.29, 1.82) is 0 Å². The highest BCUT2D eigenvalue weighted by Crippen LogP contribution is 2.04. The molecule has 21 heavy (non-hydrogen) atoms. The van der Waals surface area contributed by atoms with Gasteiger partial charge in [0, 0.05) is 32.2 Å². The summed E-state index contributed by atoms with van der Waals surface area (Å²) in [6, 6.07) is 0.839. The summed E-state index contributed by atoms with van der Waals surface area (Å²) in [6.45, 7) is 5.68. The Bertz CT molecular complexity index is 577. The first-order valence-electron chi connectivity index (χ1n) is 6.98. The first kappa shape index (κ1) is 15.5. The normalized spacial score (nSPS) is 19.4. The zero-order chi connectivity index (χ0) is 15.4. The Morgan fingerprint density at radius 1 is 1.52 bits per heavy atom. The number of carbonyl (C=O) groups excluding carboxylic acids is 2. The topological polar surface area (TPSA) is 96.6 Å². The van der Waals surface area contributed by atoms with Crippen molar-refractivity contribution in [3.05, 3.63) is 22.2 Å². The van der Waals surface area contributed by atoms with Crippen LogP contribution in [-0.2, 0) is 4.79 Å². The number of carbonyl (C=O) groups is 2. The monoisotopic (exact) mass is 296 g/mol. The van der Waals surface area contributed by atoms with Crippen LogP contribution in [0.3, 0.4) is 0 Å². The molecule has 8 nitrogen and oxygen atoms in total.